The fourth-order valence-electron chi connectivity index (χ4n) is 1.43. The number of aliphatic hydroxyl groups excluding tert-OH is 1. The lowest BCUT2D eigenvalue weighted by Crippen LogP contribution is -2.25. The number of ether oxygens (including phenoxy) is 1. The molecule has 1 atom stereocenters. The van der Waals surface area contributed by atoms with E-state index in [-0.39, 0.29) is 18.1 Å². The second kappa shape index (κ2) is 5.61. The fraction of sp³-hybridized carbons (Fsp3) is 0.500. The molecule has 0 radical (unpaired) electrons. The summed E-state index contributed by atoms with van der Waals surface area (Å²) < 4.78 is 5.13. The molecule has 0 aliphatic carbocycles. The molecule has 1 aromatic carbocycles. The van der Waals surface area contributed by atoms with Crippen molar-refractivity contribution in [1.29, 1.82) is 0 Å². The molecule has 0 saturated carbocycles. The van der Waals surface area contributed by atoms with Gasteiger partial charge in [0.1, 0.15) is 23.9 Å². The Labute approximate surface area is 95.1 Å². The number of aliphatic hydroxyl groups is 1. The van der Waals surface area contributed by atoms with Crippen molar-refractivity contribution >= 4 is 0 Å². The van der Waals surface area contributed by atoms with Crippen molar-refractivity contribution in [2.45, 2.75) is 32.8 Å². The number of hydrogen-bond acceptors (Lipinski definition) is 4. The van der Waals surface area contributed by atoms with Crippen molar-refractivity contribution in [3.8, 4) is 17.2 Å². The molecule has 1 aromatic rings. The van der Waals surface area contributed by atoms with Gasteiger partial charge < -0.3 is 20.1 Å². The quantitative estimate of drug-likeness (QED) is 0.631. The number of benzene rings is 1. The van der Waals surface area contributed by atoms with E-state index < -0.39 is 6.10 Å². The zero-order valence-electron chi connectivity index (χ0n) is 9.60. The molecule has 2 rings (SSSR count). The van der Waals surface area contributed by atoms with Gasteiger partial charge in [-0.15, -0.1) is 0 Å². The van der Waals surface area contributed by atoms with E-state index >= 15 is 0 Å². The molecule has 0 amide bonds. The third kappa shape index (κ3) is 3.03. The van der Waals surface area contributed by atoms with Crippen molar-refractivity contribution in [2.24, 2.45) is 0 Å². The van der Waals surface area contributed by atoms with Gasteiger partial charge in [0.2, 0.25) is 0 Å². The number of phenolic OH excluding ortho intramolecular Hbond substituents is 2. The Kier molecular flexibility index (Phi) is 4.43. The van der Waals surface area contributed by atoms with Crippen LogP contribution in [0.25, 0.3) is 0 Å². The van der Waals surface area contributed by atoms with Gasteiger partial charge in [-0.3, -0.25) is 0 Å². The minimum atomic E-state index is -0.581. The highest BCUT2D eigenvalue weighted by atomic mass is 16.5. The second-order valence-electron chi connectivity index (χ2n) is 3.82. The maximum atomic E-state index is 9.40. The summed E-state index contributed by atoms with van der Waals surface area (Å²) in [6.07, 6.45) is 1.03. The molecule has 0 saturated heterocycles. The van der Waals surface area contributed by atoms with Gasteiger partial charge >= 0.3 is 0 Å². The van der Waals surface area contributed by atoms with Crippen LogP contribution in [0.5, 0.6) is 17.2 Å². The molecule has 3 N–H and O–H groups in total. The number of hydrogen-bond donors (Lipinski definition) is 3. The summed E-state index contributed by atoms with van der Waals surface area (Å²) in [5.74, 6) is 0.379. The van der Waals surface area contributed by atoms with Gasteiger partial charge in [0.25, 0.3) is 0 Å². The number of rotatable bonds is 0. The van der Waals surface area contributed by atoms with E-state index in [0.717, 1.165) is 0 Å². The standard InChI is InChI=1S/C9H10O4.C3H8/c10-5-2-8(12)7-1-6(11)4-13-9(7)3-5;1-3-2/h2-3,6,10-12H,1,4H2;3H2,1-2H3. The van der Waals surface area contributed by atoms with Crippen LogP contribution in [-0.2, 0) is 6.42 Å². The highest BCUT2D eigenvalue weighted by molar-refractivity contribution is 5.50. The topological polar surface area (TPSA) is 69.9 Å². The van der Waals surface area contributed by atoms with Gasteiger partial charge in [-0.25, -0.2) is 0 Å². The SMILES string of the molecule is CCC.Oc1cc(O)c2c(c1)OCC(O)C2. The largest absolute Gasteiger partial charge is 0.508 e. The maximum Gasteiger partial charge on any atom is 0.130 e. The van der Waals surface area contributed by atoms with Crippen molar-refractivity contribution in [2.75, 3.05) is 6.61 Å². The summed E-state index contributed by atoms with van der Waals surface area (Å²) >= 11 is 0. The van der Waals surface area contributed by atoms with Crippen LogP contribution in [0.2, 0.25) is 0 Å². The zero-order chi connectivity index (χ0) is 12.1. The van der Waals surface area contributed by atoms with Crippen LogP contribution in [-0.4, -0.2) is 28.0 Å². The Hall–Kier alpha value is -1.42. The average molecular weight is 226 g/mol. The molecule has 90 valence electrons. The molecule has 1 aliphatic rings. The van der Waals surface area contributed by atoms with Gasteiger partial charge in [0.15, 0.2) is 0 Å². The summed E-state index contributed by atoms with van der Waals surface area (Å²) in [6, 6.07) is 2.67. The van der Waals surface area contributed by atoms with Crippen LogP contribution in [0.4, 0.5) is 0 Å². The third-order valence-corrected chi connectivity index (χ3v) is 2.04. The molecule has 1 heterocycles. The molecule has 1 aliphatic heterocycles. The first-order valence-corrected chi connectivity index (χ1v) is 5.44. The molecular weight excluding hydrogens is 208 g/mol. The van der Waals surface area contributed by atoms with Crippen LogP contribution < -0.4 is 4.74 Å². The first-order valence-electron chi connectivity index (χ1n) is 5.44. The van der Waals surface area contributed by atoms with Gasteiger partial charge in [-0.2, -0.15) is 0 Å². The smallest absolute Gasteiger partial charge is 0.130 e. The molecule has 4 heteroatoms. The summed E-state index contributed by atoms with van der Waals surface area (Å²) in [4.78, 5) is 0. The lowest BCUT2D eigenvalue weighted by Gasteiger charge is -2.22. The first-order chi connectivity index (χ1) is 7.58. The van der Waals surface area contributed by atoms with Crippen LogP contribution in [0.3, 0.4) is 0 Å². The molecule has 1 unspecified atom stereocenters. The van der Waals surface area contributed by atoms with Crippen molar-refractivity contribution < 1.29 is 20.1 Å². The van der Waals surface area contributed by atoms with Crippen LogP contribution in [0.1, 0.15) is 25.8 Å². The molecule has 0 bridgehead atoms. The van der Waals surface area contributed by atoms with E-state index in [1.54, 1.807) is 0 Å². The molecule has 0 fully saturated rings. The number of phenols is 2. The number of fused-ring (bicyclic) bond motifs is 1. The lowest BCUT2D eigenvalue weighted by atomic mass is 10.0. The summed E-state index contributed by atoms with van der Waals surface area (Å²) in [5, 5.41) is 27.8. The first kappa shape index (κ1) is 12.6. The minimum Gasteiger partial charge on any atom is -0.508 e. The van der Waals surface area contributed by atoms with Gasteiger partial charge in [0.05, 0.1) is 6.10 Å². The van der Waals surface area contributed by atoms with Crippen LogP contribution in [0, 0.1) is 0 Å². The highest BCUT2D eigenvalue weighted by Crippen LogP contribution is 2.35. The van der Waals surface area contributed by atoms with E-state index in [2.05, 4.69) is 13.8 Å². The lowest BCUT2D eigenvalue weighted by molar-refractivity contribution is 0.0906. The average Bonchev–Trinajstić information content (AvgIpc) is 2.20. The Morgan fingerprint density at radius 2 is 1.94 bits per heavy atom. The molecule has 4 nitrogen and oxygen atoms in total. The van der Waals surface area contributed by atoms with Crippen molar-refractivity contribution in [1.82, 2.24) is 0 Å². The fourth-order valence-corrected chi connectivity index (χ4v) is 1.43. The van der Waals surface area contributed by atoms with E-state index in [4.69, 9.17) is 9.84 Å². The van der Waals surface area contributed by atoms with Crippen LogP contribution >= 0.6 is 0 Å². The molecular formula is C12H18O4. The Bertz CT molecular complexity index is 349. The van der Waals surface area contributed by atoms with Gasteiger partial charge in [-0.05, 0) is 0 Å². The minimum absolute atomic E-state index is 0.0336. The van der Waals surface area contributed by atoms with Gasteiger partial charge in [-0.1, -0.05) is 20.3 Å². The van der Waals surface area contributed by atoms with E-state index in [1.165, 1.54) is 18.6 Å². The van der Waals surface area contributed by atoms with E-state index in [1.807, 2.05) is 0 Å². The normalized spacial score (nSPS) is 17.8. The van der Waals surface area contributed by atoms with Gasteiger partial charge in [0, 0.05) is 24.1 Å². The highest BCUT2D eigenvalue weighted by Gasteiger charge is 2.21. The monoisotopic (exact) mass is 226 g/mol. The van der Waals surface area contributed by atoms with Crippen molar-refractivity contribution in [3.05, 3.63) is 17.7 Å². The Morgan fingerprint density at radius 3 is 2.56 bits per heavy atom. The molecule has 16 heavy (non-hydrogen) atoms. The Balaban J connectivity index is 0.000000386. The van der Waals surface area contributed by atoms with E-state index in [0.29, 0.717) is 17.7 Å². The predicted molar refractivity (Wildman–Crippen MR) is 60.9 cm³/mol. The van der Waals surface area contributed by atoms with Crippen LogP contribution in [0.15, 0.2) is 12.1 Å². The summed E-state index contributed by atoms with van der Waals surface area (Å²) in [5.41, 5.74) is 0.552. The predicted octanol–water partition coefficient (Wildman–Crippen LogP) is 1.81. The summed E-state index contributed by atoms with van der Waals surface area (Å²) in [7, 11) is 0. The molecule has 0 aromatic heterocycles. The second-order valence-corrected chi connectivity index (χ2v) is 3.82. The maximum absolute atomic E-state index is 9.40. The van der Waals surface area contributed by atoms with E-state index in [9.17, 15) is 10.2 Å². The summed E-state index contributed by atoms with van der Waals surface area (Å²) in [6.45, 7) is 4.45. The Morgan fingerprint density at radius 1 is 1.31 bits per heavy atom. The van der Waals surface area contributed by atoms with Crippen molar-refractivity contribution in [3.63, 3.8) is 0 Å². The zero-order valence-corrected chi connectivity index (χ0v) is 9.60. The number of aromatic hydroxyl groups is 2. The molecule has 0 spiro atoms. The third-order valence-electron chi connectivity index (χ3n) is 2.04.